The molecule has 0 atom stereocenters. The summed E-state index contributed by atoms with van der Waals surface area (Å²) < 4.78 is 5.92. The fourth-order valence-corrected chi connectivity index (χ4v) is 2.94. The number of hydrogen-bond acceptors (Lipinski definition) is 4. The molecule has 1 aliphatic rings. The third kappa shape index (κ3) is 2.29. The van der Waals surface area contributed by atoms with E-state index in [1.165, 1.54) is 16.8 Å². The molecule has 0 amide bonds. The number of nitrogens with one attached hydrogen (secondary N) is 1. The van der Waals surface area contributed by atoms with E-state index >= 15 is 0 Å². The maximum atomic E-state index is 5.92. The third-order valence-corrected chi connectivity index (χ3v) is 4.04. The largest absolute Gasteiger partial charge is 0.440 e. The summed E-state index contributed by atoms with van der Waals surface area (Å²) >= 11 is 0. The topological polar surface area (TPSA) is 41.3 Å². The quantitative estimate of drug-likeness (QED) is 0.933. The van der Waals surface area contributed by atoms with Crippen LogP contribution in [0.4, 0.5) is 5.69 Å². The molecule has 1 fully saturated rings. The minimum Gasteiger partial charge on any atom is -0.440 e. The molecule has 1 aliphatic heterocycles. The van der Waals surface area contributed by atoms with E-state index in [0.717, 1.165) is 56.0 Å². The number of fused-ring (bicyclic) bond motifs is 1. The zero-order chi connectivity index (χ0) is 14.1. The lowest BCUT2D eigenvalue weighted by molar-refractivity contribution is 0.524. The summed E-state index contributed by atoms with van der Waals surface area (Å²) in [5.74, 6) is 0.867. The Kier molecular flexibility index (Phi) is 3.66. The molecule has 0 unspecified atom stereocenters. The highest BCUT2D eigenvalue weighted by atomic mass is 16.3. The van der Waals surface area contributed by atoms with E-state index in [1.807, 2.05) is 0 Å². The van der Waals surface area contributed by atoms with E-state index in [-0.39, 0.29) is 0 Å². The standard InChI is InChI=1S/C16H23N3O/c1-4-5-14-18-15-12(3)13(10-11(2)16(15)20-14)19-8-6-17-7-9-19/h10,17H,4-9H2,1-3H3. The van der Waals surface area contributed by atoms with Gasteiger partial charge >= 0.3 is 0 Å². The highest BCUT2D eigenvalue weighted by molar-refractivity contribution is 5.86. The summed E-state index contributed by atoms with van der Waals surface area (Å²) in [6.07, 6.45) is 1.98. The molecule has 0 saturated carbocycles. The predicted octanol–water partition coefficient (Wildman–Crippen LogP) is 2.81. The lowest BCUT2D eigenvalue weighted by Crippen LogP contribution is -2.43. The predicted molar refractivity (Wildman–Crippen MR) is 82.6 cm³/mol. The Morgan fingerprint density at radius 3 is 2.75 bits per heavy atom. The van der Waals surface area contributed by atoms with Crippen molar-refractivity contribution in [3.8, 4) is 0 Å². The number of piperazine rings is 1. The summed E-state index contributed by atoms with van der Waals surface area (Å²) in [7, 11) is 0. The Morgan fingerprint density at radius 1 is 1.30 bits per heavy atom. The Balaban J connectivity index is 2.07. The molecule has 0 radical (unpaired) electrons. The first-order chi connectivity index (χ1) is 9.70. The van der Waals surface area contributed by atoms with E-state index in [1.54, 1.807) is 0 Å². The van der Waals surface area contributed by atoms with Crippen molar-refractivity contribution < 1.29 is 4.42 Å². The summed E-state index contributed by atoms with van der Waals surface area (Å²) in [6, 6.07) is 2.25. The minimum atomic E-state index is 0.867. The highest BCUT2D eigenvalue weighted by Crippen LogP contribution is 2.32. The lowest BCUT2D eigenvalue weighted by Gasteiger charge is -2.31. The summed E-state index contributed by atoms with van der Waals surface area (Å²) in [6.45, 7) is 10.7. The van der Waals surface area contributed by atoms with Gasteiger partial charge in [-0.05, 0) is 31.9 Å². The molecule has 4 heteroatoms. The van der Waals surface area contributed by atoms with Gasteiger partial charge in [0.05, 0.1) is 0 Å². The van der Waals surface area contributed by atoms with Gasteiger partial charge in [0, 0.05) is 43.9 Å². The van der Waals surface area contributed by atoms with Gasteiger partial charge in [0.25, 0.3) is 0 Å². The number of anilines is 1. The first-order valence-electron chi connectivity index (χ1n) is 7.56. The summed E-state index contributed by atoms with van der Waals surface area (Å²) in [4.78, 5) is 7.16. The van der Waals surface area contributed by atoms with Crippen LogP contribution in [0.25, 0.3) is 11.1 Å². The Labute approximate surface area is 120 Å². The smallest absolute Gasteiger partial charge is 0.195 e. The SMILES string of the molecule is CCCc1nc2c(C)c(N3CCNCC3)cc(C)c2o1. The molecule has 1 aromatic carbocycles. The Hall–Kier alpha value is -1.55. The minimum absolute atomic E-state index is 0.867. The molecule has 1 N–H and O–H groups in total. The summed E-state index contributed by atoms with van der Waals surface area (Å²) in [5, 5.41) is 3.40. The van der Waals surface area contributed by atoms with Crippen LogP contribution in [-0.2, 0) is 6.42 Å². The number of rotatable bonds is 3. The van der Waals surface area contributed by atoms with E-state index in [4.69, 9.17) is 9.40 Å². The molecule has 2 aromatic rings. The van der Waals surface area contributed by atoms with Crippen molar-refractivity contribution in [2.75, 3.05) is 31.1 Å². The van der Waals surface area contributed by atoms with Gasteiger partial charge in [-0.15, -0.1) is 0 Å². The lowest BCUT2D eigenvalue weighted by atomic mass is 10.1. The normalized spacial score (nSPS) is 16.1. The van der Waals surface area contributed by atoms with Crippen molar-refractivity contribution in [3.05, 3.63) is 23.1 Å². The average molecular weight is 273 g/mol. The molecule has 3 rings (SSSR count). The Bertz CT molecular complexity index is 612. The zero-order valence-electron chi connectivity index (χ0n) is 12.6. The van der Waals surface area contributed by atoms with Crippen LogP contribution in [0.2, 0.25) is 0 Å². The van der Waals surface area contributed by atoms with E-state index < -0.39 is 0 Å². The van der Waals surface area contributed by atoms with Gasteiger partial charge in [0.2, 0.25) is 0 Å². The number of benzene rings is 1. The fraction of sp³-hybridized carbons (Fsp3) is 0.562. The van der Waals surface area contributed by atoms with Crippen molar-refractivity contribution in [2.45, 2.75) is 33.6 Å². The monoisotopic (exact) mass is 273 g/mol. The van der Waals surface area contributed by atoms with Crippen LogP contribution in [0.15, 0.2) is 10.5 Å². The molecular formula is C16H23N3O. The van der Waals surface area contributed by atoms with Crippen molar-refractivity contribution in [1.82, 2.24) is 10.3 Å². The van der Waals surface area contributed by atoms with Gasteiger partial charge in [0.15, 0.2) is 11.5 Å². The second kappa shape index (κ2) is 5.44. The number of nitrogens with zero attached hydrogens (tertiary/aromatic N) is 2. The zero-order valence-corrected chi connectivity index (χ0v) is 12.6. The Morgan fingerprint density at radius 2 is 2.05 bits per heavy atom. The van der Waals surface area contributed by atoms with Crippen LogP contribution >= 0.6 is 0 Å². The maximum Gasteiger partial charge on any atom is 0.195 e. The molecule has 108 valence electrons. The average Bonchev–Trinajstić information content (AvgIpc) is 2.89. The maximum absolute atomic E-state index is 5.92. The van der Waals surface area contributed by atoms with Gasteiger partial charge < -0.3 is 14.6 Å². The van der Waals surface area contributed by atoms with Gasteiger partial charge in [-0.1, -0.05) is 6.92 Å². The number of aromatic nitrogens is 1. The second-order valence-corrected chi connectivity index (χ2v) is 5.61. The van der Waals surface area contributed by atoms with Crippen LogP contribution in [-0.4, -0.2) is 31.2 Å². The van der Waals surface area contributed by atoms with Crippen molar-refractivity contribution in [1.29, 1.82) is 0 Å². The van der Waals surface area contributed by atoms with Crippen molar-refractivity contribution in [3.63, 3.8) is 0 Å². The fourth-order valence-electron chi connectivity index (χ4n) is 2.94. The second-order valence-electron chi connectivity index (χ2n) is 5.61. The molecule has 2 heterocycles. The molecule has 20 heavy (non-hydrogen) atoms. The van der Waals surface area contributed by atoms with Crippen molar-refractivity contribution >= 4 is 16.8 Å². The van der Waals surface area contributed by atoms with Crippen LogP contribution in [0.1, 0.15) is 30.4 Å². The first kappa shape index (κ1) is 13.4. The van der Waals surface area contributed by atoms with Crippen LogP contribution in [0.5, 0.6) is 0 Å². The van der Waals surface area contributed by atoms with Gasteiger partial charge in [-0.2, -0.15) is 0 Å². The van der Waals surface area contributed by atoms with Crippen molar-refractivity contribution in [2.24, 2.45) is 0 Å². The molecule has 0 aliphatic carbocycles. The third-order valence-electron chi connectivity index (χ3n) is 4.04. The molecule has 1 aromatic heterocycles. The first-order valence-corrected chi connectivity index (χ1v) is 7.56. The molecule has 4 nitrogen and oxygen atoms in total. The molecule has 0 bridgehead atoms. The summed E-state index contributed by atoms with van der Waals surface area (Å²) in [5.41, 5.74) is 5.76. The van der Waals surface area contributed by atoms with Crippen LogP contribution in [0, 0.1) is 13.8 Å². The number of hydrogen-bond donors (Lipinski definition) is 1. The number of aryl methyl sites for hydroxylation is 3. The van der Waals surface area contributed by atoms with E-state index in [0.29, 0.717) is 0 Å². The van der Waals surface area contributed by atoms with E-state index in [9.17, 15) is 0 Å². The molecular weight excluding hydrogens is 250 g/mol. The van der Waals surface area contributed by atoms with Gasteiger partial charge in [0.1, 0.15) is 5.52 Å². The van der Waals surface area contributed by atoms with Gasteiger partial charge in [-0.3, -0.25) is 0 Å². The molecule has 1 saturated heterocycles. The number of oxazole rings is 1. The van der Waals surface area contributed by atoms with Gasteiger partial charge in [-0.25, -0.2) is 4.98 Å². The van der Waals surface area contributed by atoms with E-state index in [2.05, 4.69) is 37.1 Å². The van der Waals surface area contributed by atoms with Crippen LogP contribution in [0.3, 0.4) is 0 Å². The highest BCUT2D eigenvalue weighted by Gasteiger charge is 2.18. The van der Waals surface area contributed by atoms with Crippen LogP contribution < -0.4 is 10.2 Å². The molecule has 0 spiro atoms.